The Kier molecular flexibility index (Phi) is 3.11. The van der Waals surface area contributed by atoms with Gasteiger partial charge in [-0.05, 0) is 12.1 Å². The zero-order chi connectivity index (χ0) is 11.6. The third-order valence-electron chi connectivity index (χ3n) is 2.67. The van der Waals surface area contributed by atoms with Crippen LogP contribution in [0.4, 0.5) is 5.69 Å². The molecule has 6 heteroatoms. The minimum Gasteiger partial charge on any atom is -0.351 e. The van der Waals surface area contributed by atoms with Gasteiger partial charge in [0, 0.05) is 32.1 Å². The van der Waals surface area contributed by atoms with Gasteiger partial charge in [0.25, 0.3) is 0 Å². The van der Waals surface area contributed by atoms with Gasteiger partial charge in [0.2, 0.25) is 0 Å². The molecule has 0 aliphatic carbocycles. The maximum Gasteiger partial charge on any atom is 0.169 e. The van der Waals surface area contributed by atoms with Crippen molar-refractivity contribution in [3.05, 3.63) is 24.5 Å². The van der Waals surface area contributed by atoms with Crippen LogP contribution in [0.25, 0.3) is 0 Å². The van der Waals surface area contributed by atoms with E-state index in [1.54, 1.807) is 12.4 Å². The van der Waals surface area contributed by atoms with Crippen LogP contribution < -0.4 is 10.2 Å². The standard InChI is InChI=1S/C10H15N3O2S/c1-16(14,15)10-8-12-5-6-13(10)9-3-2-4-11-7-9/h2-4,7,10,12H,5-6,8H2,1H3. The molecular weight excluding hydrogens is 226 g/mol. The molecule has 1 aliphatic heterocycles. The predicted molar refractivity (Wildman–Crippen MR) is 63.1 cm³/mol. The van der Waals surface area contributed by atoms with E-state index in [0.29, 0.717) is 13.1 Å². The van der Waals surface area contributed by atoms with E-state index >= 15 is 0 Å². The van der Waals surface area contributed by atoms with Crippen LogP contribution in [0.15, 0.2) is 24.5 Å². The molecule has 5 nitrogen and oxygen atoms in total. The normalized spacial score (nSPS) is 22.1. The molecule has 0 saturated carbocycles. The first-order valence-corrected chi connectivity index (χ1v) is 7.11. The summed E-state index contributed by atoms with van der Waals surface area (Å²) in [5, 5.41) is 2.60. The van der Waals surface area contributed by atoms with Crippen LogP contribution in [0.1, 0.15) is 0 Å². The summed E-state index contributed by atoms with van der Waals surface area (Å²) in [5.41, 5.74) is 0.861. The van der Waals surface area contributed by atoms with Crippen molar-refractivity contribution < 1.29 is 8.42 Å². The number of anilines is 1. The summed E-state index contributed by atoms with van der Waals surface area (Å²) in [5.74, 6) is 0. The van der Waals surface area contributed by atoms with E-state index in [4.69, 9.17) is 0 Å². The van der Waals surface area contributed by atoms with Gasteiger partial charge >= 0.3 is 0 Å². The van der Waals surface area contributed by atoms with Crippen molar-refractivity contribution in [1.82, 2.24) is 10.3 Å². The highest BCUT2D eigenvalue weighted by Gasteiger charge is 2.30. The molecule has 0 aromatic carbocycles. The minimum absolute atomic E-state index is 0.466. The second-order valence-corrected chi connectivity index (χ2v) is 6.10. The molecule has 1 unspecified atom stereocenters. The van der Waals surface area contributed by atoms with E-state index < -0.39 is 15.2 Å². The van der Waals surface area contributed by atoms with Crippen LogP contribution in [0.2, 0.25) is 0 Å². The number of hydrogen-bond acceptors (Lipinski definition) is 5. The van der Waals surface area contributed by atoms with Gasteiger partial charge < -0.3 is 10.2 Å². The van der Waals surface area contributed by atoms with Crippen molar-refractivity contribution in [3.63, 3.8) is 0 Å². The van der Waals surface area contributed by atoms with Crippen LogP contribution in [0.3, 0.4) is 0 Å². The SMILES string of the molecule is CS(=O)(=O)C1CNCCN1c1cccnc1. The molecular formula is C10H15N3O2S. The van der Waals surface area contributed by atoms with E-state index in [-0.39, 0.29) is 0 Å². The van der Waals surface area contributed by atoms with Gasteiger partial charge in [-0.15, -0.1) is 0 Å². The number of rotatable bonds is 2. The number of pyridine rings is 1. The van der Waals surface area contributed by atoms with Crippen LogP contribution in [-0.2, 0) is 9.84 Å². The average molecular weight is 241 g/mol. The lowest BCUT2D eigenvalue weighted by atomic mass is 10.3. The summed E-state index contributed by atoms with van der Waals surface area (Å²) in [6.45, 7) is 1.94. The Balaban J connectivity index is 2.31. The topological polar surface area (TPSA) is 62.3 Å². The average Bonchev–Trinajstić information content (AvgIpc) is 2.29. The zero-order valence-electron chi connectivity index (χ0n) is 9.13. The Labute approximate surface area is 95.4 Å². The van der Waals surface area contributed by atoms with Crippen LogP contribution >= 0.6 is 0 Å². The fraction of sp³-hybridized carbons (Fsp3) is 0.500. The first-order valence-electron chi connectivity index (χ1n) is 5.15. The number of nitrogens with zero attached hydrogens (tertiary/aromatic N) is 2. The minimum atomic E-state index is -3.09. The molecule has 1 fully saturated rings. The first-order chi connectivity index (χ1) is 7.59. The lowest BCUT2D eigenvalue weighted by molar-refractivity contribution is 0.521. The van der Waals surface area contributed by atoms with E-state index in [1.807, 2.05) is 17.0 Å². The molecule has 2 rings (SSSR count). The van der Waals surface area contributed by atoms with E-state index in [0.717, 1.165) is 12.2 Å². The quantitative estimate of drug-likeness (QED) is 0.781. The molecule has 1 saturated heterocycles. The van der Waals surface area contributed by atoms with Crippen molar-refractivity contribution in [2.75, 3.05) is 30.8 Å². The Morgan fingerprint density at radius 2 is 2.38 bits per heavy atom. The fourth-order valence-electron chi connectivity index (χ4n) is 1.88. The second kappa shape index (κ2) is 4.39. The molecule has 0 amide bonds. The highest BCUT2D eigenvalue weighted by atomic mass is 32.2. The molecule has 16 heavy (non-hydrogen) atoms. The van der Waals surface area contributed by atoms with Crippen LogP contribution in [-0.4, -0.2) is 44.7 Å². The molecule has 1 atom stereocenters. The van der Waals surface area contributed by atoms with Gasteiger partial charge in [-0.3, -0.25) is 4.98 Å². The van der Waals surface area contributed by atoms with Gasteiger partial charge in [-0.2, -0.15) is 0 Å². The predicted octanol–water partition coefficient (Wildman–Crippen LogP) is -0.138. The number of aromatic nitrogens is 1. The van der Waals surface area contributed by atoms with Crippen molar-refractivity contribution in [3.8, 4) is 0 Å². The zero-order valence-corrected chi connectivity index (χ0v) is 9.94. The fourth-order valence-corrected chi connectivity index (χ4v) is 2.99. The molecule has 1 aromatic heterocycles. The summed E-state index contributed by atoms with van der Waals surface area (Å²) in [6.07, 6.45) is 4.65. The van der Waals surface area contributed by atoms with Gasteiger partial charge in [0.1, 0.15) is 5.37 Å². The van der Waals surface area contributed by atoms with Crippen LogP contribution in [0, 0.1) is 0 Å². The van der Waals surface area contributed by atoms with Crippen molar-refractivity contribution in [1.29, 1.82) is 0 Å². The number of sulfone groups is 1. The Morgan fingerprint density at radius 3 is 3.00 bits per heavy atom. The summed E-state index contributed by atoms with van der Waals surface area (Å²) >= 11 is 0. The third-order valence-corrected chi connectivity index (χ3v) is 4.08. The smallest absolute Gasteiger partial charge is 0.169 e. The number of hydrogen-bond donors (Lipinski definition) is 1. The molecule has 88 valence electrons. The summed E-state index contributed by atoms with van der Waals surface area (Å²) in [7, 11) is -3.09. The molecule has 1 aliphatic rings. The van der Waals surface area contributed by atoms with E-state index in [9.17, 15) is 8.42 Å². The molecule has 0 bridgehead atoms. The summed E-state index contributed by atoms with van der Waals surface area (Å²) in [4.78, 5) is 5.91. The largest absolute Gasteiger partial charge is 0.351 e. The molecule has 2 heterocycles. The molecule has 0 spiro atoms. The summed E-state index contributed by atoms with van der Waals surface area (Å²) in [6, 6.07) is 3.70. The Hall–Kier alpha value is -1.14. The van der Waals surface area contributed by atoms with Crippen molar-refractivity contribution in [2.45, 2.75) is 5.37 Å². The van der Waals surface area contributed by atoms with E-state index in [1.165, 1.54) is 6.26 Å². The van der Waals surface area contributed by atoms with Gasteiger partial charge in [0.15, 0.2) is 9.84 Å². The second-order valence-electron chi connectivity index (χ2n) is 3.89. The highest BCUT2D eigenvalue weighted by Crippen LogP contribution is 2.19. The van der Waals surface area contributed by atoms with Crippen molar-refractivity contribution in [2.24, 2.45) is 0 Å². The first kappa shape index (κ1) is 11.3. The van der Waals surface area contributed by atoms with E-state index in [2.05, 4.69) is 10.3 Å². The summed E-state index contributed by atoms with van der Waals surface area (Å²) < 4.78 is 23.3. The molecule has 1 aromatic rings. The van der Waals surface area contributed by atoms with Gasteiger partial charge in [0.05, 0.1) is 11.9 Å². The molecule has 1 N–H and O–H groups in total. The maximum absolute atomic E-state index is 11.7. The maximum atomic E-state index is 11.7. The monoisotopic (exact) mass is 241 g/mol. The molecule has 0 radical (unpaired) electrons. The highest BCUT2D eigenvalue weighted by molar-refractivity contribution is 7.91. The lowest BCUT2D eigenvalue weighted by Gasteiger charge is -2.36. The van der Waals surface area contributed by atoms with Gasteiger partial charge in [-0.1, -0.05) is 0 Å². The van der Waals surface area contributed by atoms with Crippen LogP contribution in [0.5, 0.6) is 0 Å². The van der Waals surface area contributed by atoms with Gasteiger partial charge in [-0.25, -0.2) is 8.42 Å². The number of piperazine rings is 1. The third kappa shape index (κ3) is 2.33. The Morgan fingerprint density at radius 1 is 1.56 bits per heavy atom. The Bertz CT molecular complexity index is 446. The lowest BCUT2D eigenvalue weighted by Crippen LogP contribution is -2.54. The van der Waals surface area contributed by atoms with Crippen molar-refractivity contribution >= 4 is 15.5 Å². The number of nitrogens with one attached hydrogen (secondary N) is 1.